The number of aromatic nitrogens is 3. The summed E-state index contributed by atoms with van der Waals surface area (Å²) in [6.45, 7) is 7.36. The highest BCUT2D eigenvalue weighted by Crippen LogP contribution is 2.13. The molecular weight excluding hydrogens is 214 g/mol. The number of hydrogen-bond donors (Lipinski definition) is 1. The molecule has 1 unspecified atom stereocenters. The van der Waals surface area contributed by atoms with Crippen molar-refractivity contribution < 1.29 is 0 Å². The van der Waals surface area contributed by atoms with Crippen molar-refractivity contribution in [1.29, 1.82) is 0 Å². The topological polar surface area (TPSA) is 46.0 Å². The van der Waals surface area contributed by atoms with Crippen LogP contribution in [-0.2, 0) is 13.1 Å². The molecule has 0 spiro atoms. The average molecular weight is 237 g/mol. The number of rotatable bonds is 5. The Labute approximate surface area is 103 Å². The Kier molecular flexibility index (Phi) is 4.50. The van der Waals surface area contributed by atoms with Crippen LogP contribution in [0.1, 0.15) is 25.6 Å². The van der Waals surface area contributed by atoms with Gasteiger partial charge in [0.1, 0.15) is 12.2 Å². The molecule has 1 aromatic rings. The van der Waals surface area contributed by atoms with Crippen LogP contribution in [0.4, 0.5) is 0 Å². The maximum Gasteiger partial charge on any atom is 0.140 e. The quantitative estimate of drug-likeness (QED) is 0.820. The minimum absolute atomic E-state index is 0.784. The van der Waals surface area contributed by atoms with Gasteiger partial charge in [0.2, 0.25) is 0 Å². The van der Waals surface area contributed by atoms with Gasteiger partial charge in [0.25, 0.3) is 0 Å². The van der Waals surface area contributed by atoms with E-state index in [0.717, 1.165) is 31.4 Å². The molecule has 1 N–H and O–H groups in total. The zero-order chi connectivity index (χ0) is 12.1. The lowest BCUT2D eigenvalue weighted by atomic mass is 9.98. The summed E-state index contributed by atoms with van der Waals surface area (Å²) in [6, 6.07) is 0. The molecule has 0 radical (unpaired) electrons. The van der Waals surface area contributed by atoms with Crippen LogP contribution in [-0.4, -0.2) is 46.3 Å². The van der Waals surface area contributed by atoms with E-state index in [1.165, 1.54) is 25.9 Å². The van der Waals surface area contributed by atoms with Crippen molar-refractivity contribution in [1.82, 2.24) is 25.0 Å². The Bertz CT molecular complexity index is 335. The third kappa shape index (κ3) is 3.51. The highest BCUT2D eigenvalue weighted by Gasteiger charge is 2.16. The van der Waals surface area contributed by atoms with Gasteiger partial charge in [0.15, 0.2) is 0 Å². The van der Waals surface area contributed by atoms with E-state index < -0.39 is 0 Å². The number of likely N-dealkylation sites (tertiary alicyclic amines) is 1. The van der Waals surface area contributed by atoms with Gasteiger partial charge >= 0.3 is 0 Å². The highest BCUT2D eigenvalue weighted by molar-refractivity contribution is 4.84. The normalized spacial score (nSPS) is 21.9. The number of aryl methyl sites for hydroxylation is 1. The summed E-state index contributed by atoms with van der Waals surface area (Å²) in [5.41, 5.74) is 0. The summed E-state index contributed by atoms with van der Waals surface area (Å²) < 4.78 is 1.94. The van der Waals surface area contributed by atoms with E-state index in [4.69, 9.17) is 0 Å². The van der Waals surface area contributed by atoms with Crippen molar-refractivity contribution in [2.45, 2.75) is 32.9 Å². The lowest BCUT2D eigenvalue weighted by Gasteiger charge is -2.29. The second-order valence-electron chi connectivity index (χ2n) is 4.89. The number of hydrogen-bond acceptors (Lipinski definition) is 4. The van der Waals surface area contributed by atoms with E-state index in [1.54, 1.807) is 6.33 Å². The molecular formula is C12H23N5. The smallest absolute Gasteiger partial charge is 0.140 e. The minimum atomic E-state index is 0.784. The zero-order valence-electron chi connectivity index (χ0n) is 10.9. The second kappa shape index (κ2) is 6.12. The third-order valence-corrected chi connectivity index (χ3v) is 3.43. The van der Waals surface area contributed by atoms with Crippen LogP contribution in [0.3, 0.4) is 0 Å². The van der Waals surface area contributed by atoms with Gasteiger partial charge < -0.3 is 10.2 Å². The summed E-state index contributed by atoms with van der Waals surface area (Å²) in [6.07, 6.45) is 4.31. The molecule has 1 fully saturated rings. The second-order valence-corrected chi connectivity index (χ2v) is 4.89. The zero-order valence-corrected chi connectivity index (χ0v) is 10.9. The van der Waals surface area contributed by atoms with Crippen molar-refractivity contribution in [2.75, 3.05) is 26.7 Å². The molecule has 0 amide bonds. The molecule has 0 aromatic carbocycles. The number of piperidine rings is 1. The summed E-state index contributed by atoms with van der Waals surface area (Å²) >= 11 is 0. The fraction of sp³-hybridized carbons (Fsp3) is 0.833. The van der Waals surface area contributed by atoms with Gasteiger partial charge in [0.05, 0.1) is 6.54 Å². The van der Waals surface area contributed by atoms with Gasteiger partial charge in [-0.25, -0.2) is 9.67 Å². The Morgan fingerprint density at radius 1 is 1.53 bits per heavy atom. The predicted molar refractivity (Wildman–Crippen MR) is 67.6 cm³/mol. The van der Waals surface area contributed by atoms with Crippen LogP contribution in [0.2, 0.25) is 0 Å². The van der Waals surface area contributed by atoms with Gasteiger partial charge in [-0.3, -0.25) is 0 Å². The van der Waals surface area contributed by atoms with Crippen LogP contribution in [0.25, 0.3) is 0 Å². The molecule has 1 aliphatic rings. The van der Waals surface area contributed by atoms with E-state index in [9.17, 15) is 0 Å². The predicted octanol–water partition coefficient (Wildman–Crippen LogP) is 0.729. The molecule has 1 aromatic heterocycles. The maximum atomic E-state index is 4.26. The van der Waals surface area contributed by atoms with E-state index in [0.29, 0.717) is 0 Å². The SMILES string of the molecule is CCn1ncnc1CNCC1CCCN(C)C1. The van der Waals surface area contributed by atoms with Gasteiger partial charge in [-0.15, -0.1) is 0 Å². The lowest BCUT2D eigenvalue weighted by Crippen LogP contribution is -2.37. The van der Waals surface area contributed by atoms with Crippen LogP contribution in [0.5, 0.6) is 0 Å². The van der Waals surface area contributed by atoms with E-state index in [2.05, 4.69) is 34.3 Å². The summed E-state index contributed by atoms with van der Waals surface area (Å²) in [5.74, 6) is 1.82. The van der Waals surface area contributed by atoms with E-state index in [1.807, 2.05) is 4.68 Å². The van der Waals surface area contributed by atoms with E-state index in [-0.39, 0.29) is 0 Å². The Hall–Kier alpha value is -0.940. The molecule has 0 saturated carbocycles. The van der Waals surface area contributed by atoms with Crippen molar-refractivity contribution in [2.24, 2.45) is 5.92 Å². The standard InChI is InChI=1S/C12H23N5/c1-3-17-12(14-10-15-17)8-13-7-11-5-4-6-16(2)9-11/h10-11,13H,3-9H2,1-2H3. The van der Waals surface area contributed by atoms with Crippen LogP contribution < -0.4 is 5.32 Å². The van der Waals surface area contributed by atoms with Gasteiger partial charge in [0, 0.05) is 13.1 Å². The molecule has 2 rings (SSSR count). The van der Waals surface area contributed by atoms with Crippen LogP contribution in [0, 0.1) is 5.92 Å². The third-order valence-electron chi connectivity index (χ3n) is 3.43. The highest BCUT2D eigenvalue weighted by atomic mass is 15.3. The van der Waals surface area contributed by atoms with E-state index >= 15 is 0 Å². The molecule has 5 heteroatoms. The van der Waals surface area contributed by atoms with Crippen molar-refractivity contribution in [3.63, 3.8) is 0 Å². The lowest BCUT2D eigenvalue weighted by molar-refractivity contribution is 0.205. The first-order valence-electron chi connectivity index (χ1n) is 6.55. The number of nitrogens with zero attached hydrogens (tertiary/aromatic N) is 4. The summed E-state index contributed by atoms with van der Waals surface area (Å²) in [5, 5.41) is 7.67. The van der Waals surface area contributed by atoms with Crippen molar-refractivity contribution in [3.8, 4) is 0 Å². The molecule has 5 nitrogen and oxygen atoms in total. The Morgan fingerprint density at radius 3 is 3.18 bits per heavy atom. The molecule has 17 heavy (non-hydrogen) atoms. The molecule has 96 valence electrons. The molecule has 0 aliphatic carbocycles. The van der Waals surface area contributed by atoms with Crippen LogP contribution in [0.15, 0.2) is 6.33 Å². The molecule has 1 saturated heterocycles. The molecule has 2 heterocycles. The minimum Gasteiger partial charge on any atom is -0.310 e. The number of nitrogens with one attached hydrogen (secondary N) is 1. The average Bonchev–Trinajstić information content (AvgIpc) is 2.77. The Balaban J connectivity index is 1.72. The molecule has 1 aliphatic heterocycles. The van der Waals surface area contributed by atoms with Crippen molar-refractivity contribution >= 4 is 0 Å². The fourth-order valence-corrected chi connectivity index (χ4v) is 2.52. The first-order valence-corrected chi connectivity index (χ1v) is 6.55. The maximum absolute atomic E-state index is 4.26. The first-order chi connectivity index (χ1) is 8.29. The van der Waals surface area contributed by atoms with Gasteiger partial charge in [-0.1, -0.05) is 0 Å². The first kappa shape index (κ1) is 12.5. The van der Waals surface area contributed by atoms with Crippen LogP contribution >= 0.6 is 0 Å². The largest absolute Gasteiger partial charge is 0.310 e. The monoisotopic (exact) mass is 237 g/mol. The molecule has 0 bridgehead atoms. The summed E-state index contributed by atoms with van der Waals surface area (Å²) in [4.78, 5) is 6.68. The van der Waals surface area contributed by atoms with Gasteiger partial charge in [-0.05, 0) is 45.8 Å². The Morgan fingerprint density at radius 2 is 2.41 bits per heavy atom. The van der Waals surface area contributed by atoms with Gasteiger partial charge in [-0.2, -0.15) is 5.10 Å². The molecule has 1 atom stereocenters. The van der Waals surface area contributed by atoms with Crippen molar-refractivity contribution in [3.05, 3.63) is 12.2 Å². The summed E-state index contributed by atoms with van der Waals surface area (Å²) in [7, 11) is 2.21. The fourth-order valence-electron chi connectivity index (χ4n) is 2.52.